The summed E-state index contributed by atoms with van der Waals surface area (Å²) < 4.78 is 0. The van der Waals surface area contributed by atoms with Crippen LogP contribution in [0, 0.1) is 0 Å². The molecule has 0 saturated heterocycles. The zero-order valence-electron chi connectivity index (χ0n) is 10.4. The molecule has 1 aromatic heterocycles. The first-order chi connectivity index (χ1) is 9.63. The van der Waals surface area contributed by atoms with E-state index >= 15 is 0 Å². The van der Waals surface area contributed by atoms with Gasteiger partial charge in [0.2, 0.25) is 0 Å². The van der Waals surface area contributed by atoms with Gasteiger partial charge in [-0.1, -0.05) is 12.1 Å². The van der Waals surface area contributed by atoms with Crippen LogP contribution in [0.15, 0.2) is 47.8 Å². The van der Waals surface area contributed by atoms with Gasteiger partial charge in [0.25, 0.3) is 0 Å². The van der Waals surface area contributed by atoms with Gasteiger partial charge in [0.1, 0.15) is 5.01 Å². The first kappa shape index (κ1) is 12.5. The van der Waals surface area contributed by atoms with E-state index in [1.54, 1.807) is 6.07 Å². The average molecular weight is 284 g/mol. The van der Waals surface area contributed by atoms with E-state index in [0.29, 0.717) is 5.69 Å². The molecule has 1 heterocycles. The quantitative estimate of drug-likeness (QED) is 0.497. The lowest BCUT2D eigenvalue weighted by atomic mass is 10.1. The molecule has 20 heavy (non-hydrogen) atoms. The Morgan fingerprint density at radius 1 is 0.900 bits per heavy atom. The van der Waals surface area contributed by atoms with Gasteiger partial charge in [-0.05, 0) is 30.3 Å². The van der Waals surface area contributed by atoms with Gasteiger partial charge in [0.05, 0.1) is 5.69 Å². The van der Waals surface area contributed by atoms with Crippen LogP contribution in [-0.4, -0.2) is 15.2 Å². The Balaban J connectivity index is 1.97. The molecule has 100 valence electrons. The fourth-order valence-electron chi connectivity index (χ4n) is 1.85. The third-order valence-corrected chi connectivity index (χ3v) is 3.82. The SMILES string of the molecule is Nc1ccc(-c2csc(-c3ccc(O)c(O)c3)n2)cc1. The number of nitrogens with zero attached hydrogens (tertiary/aromatic N) is 1. The molecule has 4 N–H and O–H groups in total. The minimum absolute atomic E-state index is 0.135. The van der Waals surface area contributed by atoms with Crippen LogP contribution in [0.2, 0.25) is 0 Å². The number of aromatic nitrogens is 1. The van der Waals surface area contributed by atoms with Crippen molar-refractivity contribution in [2.45, 2.75) is 0 Å². The van der Waals surface area contributed by atoms with E-state index in [-0.39, 0.29) is 11.5 Å². The lowest BCUT2D eigenvalue weighted by Crippen LogP contribution is -1.84. The maximum Gasteiger partial charge on any atom is 0.158 e. The first-order valence-electron chi connectivity index (χ1n) is 5.97. The van der Waals surface area contributed by atoms with E-state index in [1.807, 2.05) is 29.6 Å². The van der Waals surface area contributed by atoms with Gasteiger partial charge < -0.3 is 15.9 Å². The summed E-state index contributed by atoms with van der Waals surface area (Å²) in [5.41, 5.74) is 9.00. The molecular weight excluding hydrogens is 272 g/mol. The van der Waals surface area contributed by atoms with Gasteiger partial charge in [0.15, 0.2) is 11.5 Å². The number of thiazole rings is 1. The Labute approximate surface area is 119 Å². The highest BCUT2D eigenvalue weighted by Crippen LogP contribution is 2.34. The number of rotatable bonds is 2. The minimum atomic E-state index is -0.147. The third-order valence-electron chi connectivity index (χ3n) is 2.93. The second-order valence-corrected chi connectivity index (χ2v) is 5.22. The van der Waals surface area contributed by atoms with Crippen molar-refractivity contribution in [2.24, 2.45) is 0 Å². The second kappa shape index (κ2) is 4.86. The second-order valence-electron chi connectivity index (χ2n) is 4.36. The molecule has 0 aliphatic carbocycles. The molecule has 2 aromatic carbocycles. The number of aromatic hydroxyl groups is 2. The predicted molar refractivity (Wildman–Crippen MR) is 80.7 cm³/mol. The van der Waals surface area contributed by atoms with Gasteiger partial charge in [-0.25, -0.2) is 4.98 Å². The zero-order chi connectivity index (χ0) is 14.1. The topological polar surface area (TPSA) is 79.4 Å². The molecule has 0 saturated carbocycles. The number of nitrogen functional groups attached to an aromatic ring is 1. The highest BCUT2D eigenvalue weighted by atomic mass is 32.1. The van der Waals surface area contributed by atoms with E-state index in [4.69, 9.17) is 5.73 Å². The van der Waals surface area contributed by atoms with Crippen molar-refractivity contribution < 1.29 is 10.2 Å². The Bertz CT molecular complexity index is 751. The maximum absolute atomic E-state index is 9.53. The van der Waals surface area contributed by atoms with Crippen LogP contribution >= 0.6 is 11.3 Å². The normalized spacial score (nSPS) is 10.6. The largest absolute Gasteiger partial charge is 0.504 e. The molecule has 0 radical (unpaired) electrons. The molecule has 3 rings (SSSR count). The van der Waals surface area contributed by atoms with Crippen LogP contribution in [0.4, 0.5) is 5.69 Å². The van der Waals surface area contributed by atoms with Crippen LogP contribution in [0.5, 0.6) is 11.5 Å². The van der Waals surface area contributed by atoms with Crippen molar-refractivity contribution in [1.82, 2.24) is 4.98 Å². The van der Waals surface area contributed by atoms with Crippen molar-refractivity contribution in [2.75, 3.05) is 5.73 Å². The third kappa shape index (κ3) is 2.31. The van der Waals surface area contributed by atoms with E-state index in [1.165, 1.54) is 23.5 Å². The van der Waals surface area contributed by atoms with Crippen LogP contribution < -0.4 is 5.73 Å². The van der Waals surface area contributed by atoms with E-state index < -0.39 is 0 Å². The number of phenolic OH excluding ortho intramolecular Hbond substituents is 2. The van der Waals surface area contributed by atoms with Crippen LogP contribution in [0.3, 0.4) is 0 Å². The number of nitrogens with two attached hydrogens (primary N) is 1. The monoisotopic (exact) mass is 284 g/mol. The smallest absolute Gasteiger partial charge is 0.158 e. The van der Waals surface area contributed by atoms with Gasteiger partial charge >= 0.3 is 0 Å². The number of hydrogen-bond acceptors (Lipinski definition) is 5. The van der Waals surface area contributed by atoms with E-state index in [2.05, 4.69) is 4.98 Å². The first-order valence-corrected chi connectivity index (χ1v) is 6.85. The summed E-state index contributed by atoms with van der Waals surface area (Å²) in [4.78, 5) is 4.54. The van der Waals surface area contributed by atoms with Crippen molar-refractivity contribution >= 4 is 17.0 Å². The van der Waals surface area contributed by atoms with E-state index in [9.17, 15) is 10.2 Å². The molecular formula is C15H12N2O2S. The number of phenols is 2. The van der Waals surface area contributed by atoms with Gasteiger partial charge in [-0.2, -0.15) is 0 Å². The Morgan fingerprint density at radius 2 is 1.60 bits per heavy atom. The fourth-order valence-corrected chi connectivity index (χ4v) is 2.68. The van der Waals surface area contributed by atoms with Crippen LogP contribution in [0.25, 0.3) is 21.8 Å². The summed E-state index contributed by atoms with van der Waals surface area (Å²) in [6.45, 7) is 0. The van der Waals surface area contributed by atoms with Gasteiger partial charge in [0, 0.05) is 22.2 Å². The highest BCUT2D eigenvalue weighted by Gasteiger charge is 2.08. The van der Waals surface area contributed by atoms with Gasteiger partial charge in [-0.3, -0.25) is 0 Å². The molecule has 0 amide bonds. The summed E-state index contributed by atoms with van der Waals surface area (Å²) in [5.74, 6) is -0.282. The highest BCUT2D eigenvalue weighted by molar-refractivity contribution is 7.13. The minimum Gasteiger partial charge on any atom is -0.504 e. The predicted octanol–water partition coefficient (Wildman–Crippen LogP) is 3.47. The van der Waals surface area contributed by atoms with E-state index in [0.717, 1.165) is 21.8 Å². The van der Waals surface area contributed by atoms with Crippen molar-refractivity contribution in [3.05, 3.63) is 47.8 Å². The average Bonchev–Trinajstić information content (AvgIpc) is 2.92. The summed E-state index contributed by atoms with van der Waals surface area (Å²) in [5, 5.41) is 21.6. The summed E-state index contributed by atoms with van der Waals surface area (Å²) >= 11 is 1.48. The molecule has 0 aliphatic rings. The maximum atomic E-state index is 9.53. The lowest BCUT2D eigenvalue weighted by molar-refractivity contribution is 0.404. The molecule has 4 nitrogen and oxygen atoms in total. The number of hydrogen-bond donors (Lipinski definition) is 3. The number of benzene rings is 2. The Hall–Kier alpha value is -2.53. The molecule has 0 bridgehead atoms. The molecule has 0 aliphatic heterocycles. The molecule has 0 unspecified atom stereocenters. The molecule has 0 spiro atoms. The van der Waals surface area contributed by atoms with Crippen molar-refractivity contribution in [1.29, 1.82) is 0 Å². The molecule has 0 atom stereocenters. The van der Waals surface area contributed by atoms with Crippen LogP contribution in [-0.2, 0) is 0 Å². The fraction of sp³-hybridized carbons (Fsp3) is 0. The summed E-state index contributed by atoms with van der Waals surface area (Å²) in [6, 6.07) is 12.2. The van der Waals surface area contributed by atoms with Gasteiger partial charge in [-0.15, -0.1) is 11.3 Å². The number of anilines is 1. The molecule has 0 fully saturated rings. The lowest BCUT2D eigenvalue weighted by Gasteiger charge is -2.00. The Morgan fingerprint density at radius 3 is 2.30 bits per heavy atom. The molecule has 5 heteroatoms. The van der Waals surface area contributed by atoms with Crippen LogP contribution in [0.1, 0.15) is 0 Å². The summed E-state index contributed by atoms with van der Waals surface area (Å²) in [6.07, 6.45) is 0. The van der Waals surface area contributed by atoms with Crippen molar-refractivity contribution in [3.63, 3.8) is 0 Å². The molecule has 3 aromatic rings. The van der Waals surface area contributed by atoms with Crippen molar-refractivity contribution in [3.8, 4) is 33.3 Å². The standard InChI is InChI=1S/C15H12N2O2S/c16-11-4-1-9(2-5-11)12-8-20-15(17-12)10-3-6-13(18)14(19)7-10/h1-8,18-19H,16H2. The zero-order valence-corrected chi connectivity index (χ0v) is 11.3. The summed E-state index contributed by atoms with van der Waals surface area (Å²) in [7, 11) is 0. The Kier molecular flexibility index (Phi) is 3.04.